The summed E-state index contributed by atoms with van der Waals surface area (Å²) in [6.45, 7) is 0.379. The summed E-state index contributed by atoms with van der Waals surface area (Å²) < 4.78 is 6.08. The van der Waals surface area contributed by atoms with Gasteiger partial charge in [0, 0.05) is 33.7 Å². The minimum atomic E-state index is -0.432. The van der Waals surface area contributed by atoms with Crippen molar-refractivity contribution in [2.24, 2.45) is 0 Å². The monoisotopic (exact) mass is 370 g/mol. The predicted octanol–water partition coefficient (Wildman–Crippen LogP) is 4.63. The van der Waals surface area contributed by atoms with Crippen LogP contribution in [0.3, 0.4) is 0 Å². The molecule has 0 fully saturated rings. The van der Waals surface area contributed by atoms with Gasteiger partial charge in [-0.05, 0) is 40.2 Å². The predicted molar refractivity (Wildman–Crippen MR) is 86.1 cm³/mol. The van der Waals surface area contributed by atoms with Gasteiger partial charge < -0.3 is 10.1 Å². The Bertz CT molecular complexity index is 679. The van der Waals surface area contributed by atoms with Crippen molar-refractivity contribution >= 4 is 38.9 Å². The zero-order valence-electron chi connectivity index (χ0n) is 11.1. The number of nitrogens with one attached hydrogen (secondary N) is 1. The first-order valence-electron chi connectivity index (χ1n) is 6.01. The first kappa shape index (κ1) is 15.6. The number of benzene rings is 2. The van der Waals surface area contributed by atoms with Gasteiger partial charge in [0.15, 0.2) is 0 Å². The molecule has 1 N–H and O–H groups in total. The Labute approximate surface area is 135 Å². The number of halogens is 2. The molecule has 0 saturated carbocycles. The van der Waals surface area contributed by atoms with Gasteiger partial charge in [0.05, 0.1) is 17.7 Å². The smallest absolute Gasteiger partial charge is 0.270 e. The van der Waals surface area contributed by atoms with Crippen LogP contribution in [0.4, 0.5) is 11.4 Å². The molecule has 2 aromatic rings. The first-order chi connectivity index (χ1) is 10.0. The molecule has 0 bridgehead atoms. The van der Waals surface area contributed by atoms with E-state index in [0.29, 0.717) is 22.9 Å². The maximum atomic E-state index is 10.8. The molecule has 0 atom stereocenters. The fourth-order valence-corrected chi connectivity index (χ4v) is 2.40. The van der Waals surface area contributed by atoms with Crippen molar-refractivity contribution in [3.8, 4) is 5.75 Å². The molecule has 0 spiro atoms. The summed E-state index contributed by atoms with van der Waals surface area (Å²) >= 11 is 9.37. The van der Waals surface area contributed by atoms with E-state index in [2.05, 4.69) is 21.2 Å². The average molecular weight is 372 g/mol. The van der Waals surface area contributed by atoms with Crippen LogP contribution in [0.15, 0.2) is 40.9 Å². The van der Waals surface area contributed by atoms with Crippen LogP contribution in [0.2, 0.25) is 5.02 Å². The second kappa shape index (κ2) is 6.78. The Morgan fingerprint density at radius 2 is 2.10 bits per heavy atom. The normalized spacial score (nSPS) is 10.2. The molecular weight excluding hydrogens is 360 g/mol. The Kier molecular flexibility index (Phi) is 5.03. The highest BCUT2D eigenvalue weighted by molar-refractivity contribution is 9.10. The lowest BCUT2D eigenvalue weighted by molar-refractivity contribution is -0.384. The number of nitro benzene ring substituents is 1. The fourth-order valence-electron chi connectivity index (χ4n) is 1.84. The van der Waals surface area contributed by atoms with E-state index >= 15 is 0 Å². The third-order valence-electron chi connectivity index (χ3n) is 2.87. The second-order valence-electron chi connectivity index (χ2n) is 4.23. The molecule has 5 nitrogen and oxygen atoms in total. The molecule has 21 heavy (non-hydrogen) atoms. The minimum absolute atomic E-state index is 0.0257. The van der Waals surface area contributed by atoms with Gasteiger partial charge in [0.25, 0.3) is 5.69 Å². The molecule has 2 aromatic carbocycles. The second-order valence-corrected chi connectivity index (χ2v) is 5.52. The van der Waals surface area contributed by atoms with Gasteiger partial charge in [-0.3, -0.25) is 10.1 Å². The number of hydrogen-bond donors (Lipinski definition) is 1. The standard InChI is InChI=1S/C14H12BrClN2O3/c1-21-14-5-3-11(18(19)20)6-9(14)8-17-13-7-10(16)2-4-12(13)15/h2-7,17H,8H2,1H3. The highest BCUT2D eigenvalue weighted by Crippen LogP contribution is 2.29. The highest BCUT2D eigenvalue weighted by Gasteiger charge is 2.11. The van der Waals surface area contributed by atoms with Crippen LogP contribution in [-0.4, -0.2) is 12.0 Å². The first-order valence-corrected chi connectivity index (χ1v) is 7.18. The van der Waals surface area contributed by atoms with Gasteiger partial charge in [0.1, 0.15) is 5.75 Å². The molecule has 2 rings (SSSR count). The summed E-state index contributed by atoms with van der Waals surface area (Å²) in [6, 6.07) is 9.86. The third kappa shape index (κ3) is 3.86. The van der Waals surface area contributed by atoms with E-state index in [1.54, 1.807) is 18.2 Å². The van der Waals surface area contributed by atoms with Crippen molar-refractivity contribution in [3.05, 3.63) is 61.6 Å². The highest BCUT2D eigenvalue weighted by atomic mass is 79.9. The van der Waals surface area contributed by atoms with E-state index in [4.69, 9.17) is 16.3 Å². The summed E-state index contributed by atoms with van der Waals surface area (Å²) in [6.07, 6.45) is 0. The van der Waals surface area contributed by atoms with E-state index in [-0.39, 0.29) is 5.69 Å². The summed E-state index contributed by atoms with van der Waals surface area (Å²) in [5, 5.41) is 14.6. The summed E-state index contributed by atoms with van der Waals surface area (Å²) in [7, 11) is 1.53. The third-order valence-corrected chi connectivity index (χ3v) is 3.80. The Hall–Kier alpha value is -1.79. The van der Waals surface area contributed by atoms with Gasteiger partial charge in [0.2, 0.25) is 0 Å². The van der Waals surface area contributed by atoms with Crippen molar-refractivity contribution in [3.63, 3.8) is 0 Å². The quantitative estimate of drug-likeness (QED) is 0.614. The van der Waals surface area contributed by atoms with Gasteiger partial charge in [-0.2, -0.15) is 0 Å². The SMILES string of the molecule is COc1ccc([N+](=O)[O-])cc1CNc1cc(Cl)ccc1Br. The number of non-ortho nitro benzene ring substituents is 1. The number of anilines is 1. The molecule has 0 radical (unpaired) electrons. The van der Waals surface area contributed by atoms with E-state index in [9.17, 15) is 10.1 Å². The largest absolute Gasteiger partial charge is 0.496 e. The Morgan fingerprint density at radius 3 is 2.76 bits per heavy atom. The van der Waals surface area contributed by atoms with E-state index in [1.165, 1.54) is 19.2 Å². The molecule has 0 saturated heterocycles. The Morgan fingerprint density at radius 1 is 1.33 bits per heavy atom. The van der Waals surface area contributed by atoms with Gasteiger partial charge in [-0.1, -0.05) is 11.6 Å². The molecule has 0 heterocycles. The molecule has 7 heteroatoms. The van der Waals surface area contributed by atoms with Gasteiger partial charge in [-0.15, -0.1) is 0 Å². The van der Waals surface area contributed by atoms with Crippen LogP contribution < -0.4 is 10.1 Å². The number of methoxy groups -OCH3 is 1. The number of nitrogens with zero attached hydrogens (tertiary/aromatic N) is 1. The minimum Gasteiger partial charge on any atom is -0.496 e. The van der Waals surface area contributed by atoms with Crippen LogP contribution >= 0.6 is 27.5 Å². The average Bonchev–Trinajstić information content (AvgIpc) is 2.47. The maximum absolute atomic E-state index is 10.8. The zero-order chi connectivity index (χ0) is 15.4. The van der Waals surface area contributed by atoms with Crippen LogP contribution in [0.25, 0.3) is 0 Å². The lowest BCUT2D eigenvalue weighted by atomic mass is 10.1. The topological polar surface area (TPSA) is 64.4 Å². The molecule has 0 amide bonds. The molecule has 0 aliphatic carbocycles. The fraction of sp³-hybridized carbons (Fsp3) is 0.143. The molecular formula is C14H12BrClN2O3. The van der Waals surface area contributed by atoms with E-state index in [1.807, 2.05) is 6.07 Å². The van der Waals surface area contributed by atoms with Crippen molar-refractivity contribution < 1.29 is 9.66 Å². The lowest BCUT2D eigenvalue weighted by Crippen LogP contribution is -2.03. The van der Waals surface area contributed by atoms with Gasteiger partial charge in [-0.25, -0.2) is 0 Å². The lowest BCUT2D eigenvalue weighted by Gasteiger charge is -2.12. The summed E-state index contributed by atoms with van der Waals surface area (Å²) in [5.41, 5.74) is 1.52. The number of hydrogen-bond acceptors (Lipinski definition) is 4. The molecule has 0 unspecified atom stereocenters. The molecule has 0 aliphatic rings. The van der Waals surface area contributed by atoms with Crippen LogP contribution in [0, 0.1) is 10.1 Å². The Balaban J connectivity index is 2.24. The number of nitro groups is 1. The maximum Gasteiger partial charge on any atom is 0.270 e. The van der Waals surface area contributed by atoms with E-state index < -0.39 is 4.92 Å². The number of ether oxygens (including phenoxy) is 1. The molecule has 0 aliphatic heterocycles. The van der Waals surface area contributed by atoms with Crippen molar-refractivity contribution in [1.82, 2.24) is 0 Å². The van der Waals surface area contributed by atoms with Crippen LogP contribution in [-0.2, 0) is 6.54 Å². The molecule has 0 aromatic heterocycles. The van der Waals surface area contributed by atoms with Crippen molar-refractivity contribution in [1.29, 1.82) is 0 Å². The van der Waals surface area contributed by atoms with Crippen molar-refractivity contribution in [2.75, 3.05) is 12.4 Å². The number of rotatable bonds is 5. The summed E-state index contributed by atoms with van der Waals surface area (Å²) in [4.78, 5) is 10.4. The zero-order valence-corrected chi connectivity index (χ0v) is 13.4. The van der Waals surface area contributed by atoms with Crippen molar-refractivity contribution in [2.45, 2.75) is 6.54 Å². The van der Waals surface area contributed by atoms with Gasteiger partial charge >= 0.3 is 0 Å². The summed E-state index contributed by atoms with van der Waals surface area (Å²) in [5.74, 6) is 0.589. The van der Waals surface area contributed by atoms with Crippen LogP contribution in [0.5, 0.6) is 5.75 Å². The van der Waals surface area contributed by atoms with E-state index in [0.717, 1.165) is 10.2 Å². The van der Waals surface area contributed by atoms with Crippen LogP contribution in [0.1, 0.15) is 5.56 Å². The molecule has 110 valence electrons.